The topological polar surface area (TPSA) is 51.3 Å². The van der Waals surface area contributed by atoms with Crippen molar-refractivity contribution in [2.24, 2.45) is 5.73 Å². The van der Waals surface area contributed by atoms with Crippen molar-refractivity contribution in [3.05, 3.63) is 27.5 Å². The quantitative estimate of drug-likeness (QED) is 0.806. The van der Waals surface area contributed by atoms with E-state index in [4.69, 9.17) is 5.73 Å². The first kappa shape index (κ1) is 11.2. The van der Waals surface area contributed by atoms with Gasteiger partial charge >= 0.3 is 0 Å². The highest BCUT2D eigenvalue weighted by molar-refractivity contribution is 5.54. The van der Waals surface area contributed by atoms with Crippen molar-refractivity contribution in [1.29, 1.82) is 0 Å². The number of pyridine rings is 1. The van der Waals surface area contributed by atoms with Crippen LogP contribution in [0.3, 0.4) is 0 Å². The van der Waals surface area contributed by atoms with E-state index in [1.165, 1.54) is 0 Å². The Morgan fingerprint density at radius 3 is 2.75 bits per heavy atom. The molecule has 0 radical (unpaired) electrons. The molecular formula is C12H19N3O. The summed E-state index contributed by atoms with van der Waals surface area (Å²) in [4.78, 5) is 14.0. The summed E-state index contributed by atoms with van der Waals surface area (Å²) in [5.74, 6) is 1.01. The van der Waals surface area contributed by atoms with Crippen LogP contribution in [0.25, 0.3) is 0 Å². The van der Waals surface area contributed by atoms with Gasteiger partial charge in [0.2, 0.25) is 0 Å². The molecule has 4 nitrogen and oxygen atoms in total. The molecule has 1 atom stereocenters. The molecule has 0 aromatic carbocycles. The highest BCUT2D eigenvalue weighted by atomic mass is 16.1. The van der Waals surface area contributed by atoms with Crippen LogP contribution in [-0.2, 0) is 13.0 Å². The Bertz CT molecular complexity index is 462. The molecule has 88 valence electrons. The van der Waals surface area contributed by atoms with E-state index in [9.17, 15) is 4.79 Å². The van der Waals surface area contributed by atoms with Crippen LogP contribution in [0.2, 0.25) is 0 Å². The lowest BCUT2D eigenvalue weighted by Crippen LogP contribution is -2.24. The van der Waals surface area contributed by atoms with Crippen molar-refractivity contribution in [1.82, 2.24) is 4.57 Å². The summed E-state index contributed by atoms with van der Waals surface area (Å²) in [6, 6.07) is 1.71. The van der Waals surface area contributed by atoms with Gasteiger partial charge in [-0.25, -0.2) is 0 Å². The molecule has 0 fully saturated rings. The Labute approximate surface area is 95.7 Å². The number of aryl methyl sites for hydroxylation is 1. The van der Waals surface area contributed by atoms with Gasteiger partial charge in [-0.1, -0.05) is 6.92 Å². The second kappa shape index (κ2) is 3.94. The van der Waals surface area contributed by atoms with Gasteiger partial charge in [-0.2, -0.15) is 0 Å². The second-order valence-corrected chi connectivity index (χ2v) is 4.46. The molecule has 1 aromatic rings. The average molecular weight is 221 g/mol. The third-order valence-corrected chi connectivity index (χ3v) is 3.26. The van der Waals surface area contributed by atoms with E-state index in [0.29, 0.717) is 0 Å². The number of likely N-dealkylation sites (N-methyl/N-ethyl adjacent to an activating group) is 1. The van der Waals surface area contributed by atoms with Gasteiger partial charge in [-0.3, -0.25) is 9.36 Å². The molecule has 1 aliphatic rings. The van der Waals surface area contributed by atoms with Crippen LogP contribution in [0.15, 0.2) is 10.9 Å². The van der Waals surface area contributed by atoms with E-state index >= 15 is 0 Å². The largest absolute Gasteiger partial charge is 0.359 e. The van der Waals surface area contributed by atoms with Crippen LogP contribution >= 0.6 is 0 Å². The smallest absolute Gasteiger partial charge is 0.252 e. The Hall–Kier alpha value is -1.29. The molecule has 0 aliphatic carbocycles. The molecule has 2 heterocycles. The molecule has 0 amide bonds. The fraction of sp³-hybridized carbons (Fsp3) is 0.583. The lowest BCUT2D eigenvalue weighted by atomic mass is 10.0. The van der Waals surface area contributed by atoms with Gasteiger partial charge in [-0.05, 0) is 18.9 Å². The number of anilines is 1. The highest BCUT2D eigenvalue weighted by Gasteiger charge is 2.24. The van der Waals surface area contributed by atoms with Crippen molar-refractivity contribution < 1.29 is 0 Å². The number of nitrogens with zero attached hydrogens (tertiary/aromatic N) is 2. The minimum Gasteiger partial charge on any atom is -0.359 e. The zero-order valence-electron chi connectivity index (χ0n) is 10.2. The van der Waals surface area contributed by atoms with Crippen LogP contribution in [0.1, 0.15) is 31.0 Å². The minimum atomic E-state index is -0.0302. The Morgan fingerprint density at radius 2 is 2.19 bits per heavy atom. The number of nitrogens with two attached hydrogens (primary N) is 1. The van der Waals surface area contributed by atoms with Crippen LogP contribution < -0.4 is 16.2 Å². The van der Waals surface area contributed by atoms with Crippen LogP contribution in [-0.4, -0.2) is 18.2 Å². The molecule has 0 saturated carbocycles. The second-order valence-electron chi connectivity index (χ2n) is 4.46. The number of hydrogen-bond donors (Lipinski definition) is 1. The number of fused-ring (bicyclic) bond motifs is 1. The average Bonchev–Trinajstić information content (AvgIpc) is 2.60. The molecular weight excluding hydrogens is 202 g/mol. The minimum absolute atomic E-state index is 0.0302. The monoisotopic (exact) mass is 221 g/mol. The molecule has 1 aliphatic heterocycles. The fourth-order valence-electron chi connectivity index (χ4n) is 2.47. The SMILES string of the molecule is CCc1cc(=O)n2c(c1C(C)N)N(C)CC2. The lowest BCUT2D eigenvalue weighted by molar-refractivity contribution is 0.738. The normalized spacial score (nSPS) is 16.4. The summed E-state index contributed by atoms with van der Waals surface area (Å²) in [6.45, 7) is 5.70. The maximum absolute atomic E-state index is 11.9. The van der Waals surface area contributed by atoms with E-state index in [1.807, 2.05) is 18.5 Å². The zero-order chi connectivity index (χ0) is 11.9. The van der Waals surface area contributed by atoms with Gasteiger partial charge < -0.3 is 10.6 Å². The third-order valence-electron chi connectivity index (χ3n) is 3.26. The molecule has 4 heteroatoms. The maximum atomic E-state index is 11.9. The first-order chi connectivity index (χ1) is 7.56. The van der Waals surface area contributed by atoms with Gasteiger partial charge in [0.05, 0.1) is 0 Å². The fourth-order valence-corrected chi connectivity index (χ4v) is 2.47. The Kier molecular flexibility index (Phi) is 2.76. The standard InChI is InChI=1S/C12H19N3O/c1-4-9-7-10(16)15-6-5-14(3)12(15)11(9)8(2)13/h7-8H,4-6,13H2,1-3H3. The third kappa shape index (κ3) is 1.53. The van der Waals surface area contributed by atoms with Crippen molar-refractivity contribution in [2.75, 3.05) is 18.5 Å². The van der Waals surface area contributed by atoms with Crippen molar-refractivity contribution >= 4 is 5.82 Å². The van der Waals surface area contributed by atoms with Gasteiger partial charge in [0, 0.05) is 37.8 Å². The molecule has 16 heavy (non-hydrogen) atoms. The van der Waals surface area contributed by atoms with E-state index in [0.717, 1.165) is 36.5 Å². The van der Waals surface area contributed by atoms with E-state index in [2.05, 4.69) is 11.8 Å². The Morgan fingerprint density at radius 1 is 1.50 bits per heavy atom. The van der Waals surface area contributed by atoms with Crippen LogP contribution in [0, 0.1) is 0 Å². The van der Waals surface area contributed by atoms with Gasteiger partial charge in [0.15, 0.2) is 0 Å². The summed E-state index contributed by atoms with van der Waals surface area (Å²) in [7, 11) is 2.02. The molecule has 0 spiro atoms. The molecule has 0 bridgehead atoms. The number of rotatable bonds is 2. The number of aromatic nitrogens is 1. The summed E-state index contributed by atoms with van der Waals surface area (Å²) >= 11 is 0. The summed E-state index contributed by atoms with van der Waals surface area (Å²) in [5, 5.41) is 0. The predicted molar refractivity (Wildman–Crippen MR) is 66.0 cm³/mol. The first-order valence-electron chi connectivity index (χ1n) is 5.79. The van der Waals surface area contributed by atoms with Gasteiger partial charge in [-0.15, -0.1) is 0 Å². The molecule has 1 aromatic heterocycles. The van der Waals surface area contributed by atoms with Crippen molar-refractivity contribution in [3.8, 4) is 0 Å². The maximum Gasteiger partial charge on any atom is 0.252 e. The summed E-state index contributed by atoms with van der Waals surface area (Å²) in [6.07, 6.45) is 0.855. The van der Waals surface area contributed by atoms with Crippen LogP contribution in [0.5, 0.6) is 0 Å². The van der Waals surface area contributed by atoms with Crippen LogP contribution in [0.4, 0.5) is 5.82 Å². The first-order valence-corrected chi connectivity index (χ1v) is 5.79. The summed E-state index contributed by atoms with van der Waals surface area (Å²) < 4.78 is 1.83. The zero-order valence-corrected chi connectivity index (χ0v) is 10.2. The molecule has 0 saturated heterocycles. The van der Waals surface area contributed by atoms with E-state index in [-0.39, 0.29) is 11.6 Å². The van der Waals surface area contributed by atoms with Gasteiger partial charge in [0.25, 0.3) is 5.56 Å². The lowest BCUT2D eigenvalue weighted by Gasteiger charge is -2.21. The predicted octanol–water partition coefficient (Wildman–Crippen LogP) is 0.880. The molecule has 2 rings (SSSR count). The van der Waals surface area contributed by atoms with Gasteiger partial charge in [0.1, 0.15) is 5.82 Å². The van der Waals surface area contributed by atoms with Crippen molar-refractivity contribution in [3.63, 3.8) is 0 Å². The van der Waals surface area contributed by atoms with Crippen molar-refractivity contribution in [2.45, 2.75) is 32.9 Å². The Balaban J connectivity index is 2.75. The molecule has 2 N–H and O–H groups in total. The molecule has 1 unspecified atom stereocenters. The van der Waals surface area contributed by atoms with E-state index in [1.54, 1.807) is 6.07 Å². The van der Waals surface area contributed by atoms with E-state index < -0.39 is 0 Å². The summed E-state index contributed by atoms with van der Waals surface area (Å²) in [5.41, 5.74) is 8.34. The number of hydrogen-bond acceptors (Lipinski definition) is 3. The highest BCUT2D eigenvalue weighted by Crippen LogP contribution is 2.29.